The molecule has 20 heavy (non-hydrogen) atoms. The molecule has 2 aromatic heterocycles. The summed E-state index contributed by atoms with van der Waals surface area (Å²) in [5.41, 5.74) is -0.839. The van der Waals surface area contributed by atoms with E-state index in [1.165, 1.54) is 11.1 Å². The molecule has 7 nitrogen and oxygen atoms in total. The third-order valence-electron chi connectivity index (χ3n) is 2.49. The minimum absolute atomic E-state index is 0.213. The van der Waals surface area contributed by atoms with Crippen LogP contribution in [-0.4, -0.2) is 44.7 Å². The number of aromatic nitrogens is 2. The standard InChI is InChI=1S/C12H11N3O4S/c1-14(2)12(19)20-8-4-3-5-15-9(8)13-6-7(10(15)16)11(17)18/h3-6H,1-2H3,(H,17,18). The first-order chi connectivity index (χ1) is 9.41. The van der Waals surface area contributed by atoms with Crippen molar-refractivity contribution >= 4 is 28.6 Å². The van der Waals surface area contributed by atoms with Gasteiger partial charge in [-0.2, -0.15) is 0 Å². The number of aromatic carboxylic acids is 1. The number of hydrogen-bond acceptors (Lipinski definition) is 5. The van der Waals surface area contributed by atoms with Crippen LogP contribution in [0.1, 0.15) is 10.4 Å². The summed E-state index contributed by atoms with van der Waals surface area (Å²) in [6.07, 6.45) is 2.42. The molecular formula is C12H11N3O4S. The average Bonchev–Trinajstić information content (AvgIpc) is 2.39. The van der Waals surface area contributed by atoms with Gasteiger partial charge >= 0.3 is 5.97 Å². The van der Waals surface area contributed by atoms with Crippen LogP contribution in [0.2, 0.25) is 0 Å². The summed E-state index contributed by atoms with van der Waals surface area (Å²) in [6.45, 7) is 0. The first-order valence-electron chi connectivity index (χ1n) is 5.54. The number of hydrogen-bond donors (Lipinski definition) is 1. The second-order valence-corrected chi connectivity index (χ2v) is 5.10. The Morgan fingerprint density at radius 1 is 1.40 bits per heavy atom. The van der Waals surface area contributed by atoms with E-state index in [9.17, 15) is 14.4 Å². The van der Waals surface area contributed by atoms with Crippen LogP contribution in [0, 0.1) is 0 Å². The Morgan fingerprint density at radius 3 is 2.70 bits per heavy atom. The monoisotopic (exact) mass is 293 g/mol. The maximum atomic E-state index is 12.0. The van der Waals surface area contributed by atoms with E-state index in [4.69, 9.17) is 5.11 Å². The molecule has 1 N–H and O–H groups in total. The molecule has 2 rings (SSSR count). The summed E-state index contributed by atoms with van der Waals surface area (Å²) in [5.74, 6) is -1.33. The van der Waals surface area contributed by atoms with Crippen LogP contribution in [0.15, 0.2) is 34.2 Å². The lowest BCUT2D eigenvalue weighted by Gasteiger charge is -2.10. The number of carboxylic acids is 1. The third kappa shape index (κ3) is 2.50. The lowest BCUT2D eigenvalue weighted by Crippen LogP contribution is -2.23. The summed E-state index contributed by atoms with van der Waals surface area (Å²) in [6, 6.07) is 3.21. The van der Waals surface area contributed by atoms with Gasteiger partial charge in [0.2, 0.25) is 0 Å². The minimum Gasteiger partial charge on any atom is -0.477 e. The Hall–Kier alpha value is -2.35. The molecule has 0 bridgehead atoms. The van der Waals surface area contributed by atoms with E-state index >= 15 is 0 Å². The third-order valence-corrected chi connectivity index (χ3v) is 3.57. The smallest absolute Gasteiger partial charge is 0.342 e. The molecular weight excluding hydrogens is 282 g/mol. The molecule has 0 aliphatic rings. The average molecular weight is 293 g/mol. The Morgan fingerprint density at radius 2 is 2.10 bits per heavy atom. The van der Waals surface area contributed by atoms with Gasteiger partial charge in [0.1, 0.15) is 5.56 Å². The van der Waals surface area contributed by atoms with Crippen LogP contribution >= 0.6 is 11.8 Å². The van der Waals surface area contributed by atoms with Gasteiger partial charge in [-0.1, -0.05) is 0 Å². The van der Waals surface area contributed by atoms with E-state index < -0.39 is 17.1 Å². The molecule has 0 aliphatic heterocycles. The zero-order valence-electron chi connectivity index (χ0n) is 10.7. The van der Waals surface area contributed by atoms with Gasteiger partial charge in [-0.05, 0) is 23.9 Å². The molecule has 104 valence electrons. The van der Waals surface area contributed by atoms with Crippen LogP contribution in [0.4, 0.5) is 4.79 Å². The molecule has 1 amide bonds. The van der Waals surface area contributed by atoms with E-state index in [2.05, 4.69) is 4.98 Å². The van der Waals surface area contributed by atoms with Crippen LogP contribution in [0.5, 0.6) is 0 Å². The van der Waals surface area contributed by atoms with Gasteiger partial charge in [0, 0.05) is 26.5 Å². The maximum Gasteiger partial charge on any atom is 0.342 e. The molecule has 0 atom stereocenters. The van der Waals surface area contributed by atoms with Crippen molar-refractivity contribution in [3.63, 3.8) is 0 Å². The molecule has 0 aliphatic carbocycles. The van der Waals surface area contributed by atoms with Gasteiger partial charge in [0.15, 0.2) is 5.65 Å². The van der Waals surface area contributed by atoms with Crippen LogP contribution < -0.4 is 5.56 Å². The summed E-state index contributed by atoms with van der Waals surface area (Å²) in [7, 11) is 3.23. The van der Waals surface area contributed by atoms with Crippen LogP contribution in [0.25, 0.3) is 5.65 Å². The largest absolute Gasteiger partial charge is 0.477 e. The van der Waals surface area contributed by atoms with Gasteiger partial charge in [0.25, 0.3) is 10.8 Å². The maximum absolute atomic E-state index is 12.0. The zero-order chi connectivity index (χ0) is 14.9. The summed E-state index contributed by atoms with van der Waals surface area (Å²) in [5, 5.41) is 8.68. The number of carboxylic acid groups (broad SMARTS) is 1. The van der Waals surface area contributed by atoms with Crippen LogP contribution in [0.3, 0.4) is 0 Å². The minimum atomic E-state index is -1.33. The fourth-order valence-electron chi connectivity index (χ4n) is 1.49. The molecule has 2 heterocycles. The molecule has 0 saturated heterocycles. The number of amides is 1. The normalized spacial score (nSPS) is 10.5. The van der Waals surface area contributed by atoms with Gasteiger partial charge in [-0.25, -0.2) is 9.78 Å². The highest BCUT2D eigenvalue weighted by atomic mass is 32.2. The molecule has 0 aromatic carbocycles. The quantitative estimate of drug-likeness (QED) is 0.835. The number of carbonyl (C=O) groups excluding carboxylic acids is 1. The molecule has 0 unspecified atom stereocenters. The summed E-state index contributed by atoms with van der Waals surface area (Å²) >= 11 is 0.922. The highest BCUT2D eigenvalue weighted by Crippen LogP contribution is 2.23. The Bertz CT molecular complexity index is 754. The topological polar surface area (TPSA) is 92.0 Å². The van der Waals surface area contributed by atoms with E-state index in [1.807, 2.05) is 0 Å². The van der Waals surface area contributed by atoms with Crippen molar-refractivity contribution in [3.8, 4) is 0 Å². The van der Waals surface area contributed by atoms with Crippen LogP contribution in [-0.2, 0) is 0 Å². The highest BCUT2D eigenvalue weighted by molar-refractivity contribution is 8.13. The van der Waals surface area contributed by atoms with E-state index in [-0.39, 0.29) is 10.9 Å². The van der Waals surface area contributed by atoms with E-state index in [1.54, 1.807) is 26.2 Å². The second kappa shape index (κ2) is 5.33. The lowest BCUT2D eigenvalue weighted by atomic mass is 10.3. The molecule has 0 saturated carbocycles. The predicted octanol–water partition coefficient (Wildman–Crippen LogP) is 1.17. The molecule has 0 radical (unpaired) electrons. The Labute approximate surface area is 117 Å². The van der Waals surface area contributed by atoms with Crippen molar-refractivity contribution in [2.75, 3.05) is 14.1 Å². The van der Waals surface area contributed by atoms with Gasteiger partial charge in [-0.3, -0.25) is 14.0 Å². The fourth-order valence-corrected chi connectivity index (χ4v) is 2.25. The molecule has 2 aromatic rings. The van der Waals surface area contributed by atoms with Crippen molar-refractivity contribution in [1.82, 2.24) is 14.3 Å². The number of nitrogens with zero attached hydrogens (tertiary/aromatic N) is 3. The van der Waals surface area contributed by atoms with Gasteiger partial charge in [-0.15, -0.1) is 0 Å². The van der Waals surface area contributed by atoms with Crippen molar-refractivity contribution in [3.05, 3.63) is 40.4 Å². The SMILES string of the molecule is CN(C)C(=O)Sc1cccn2c(=O)c(C(=O)O)cnc12. The van der Waals surface area contributed by atoms with Crippen molar-refractivity contribution in [2.24, 2.45) is 0 Å². The Balaban J connectivity index is 2.60. The molecule has 8 heteroatoms. The first kappa shape index (κ1) is 14.1. The number of fused-ring (bicyclic) bond motifs is 1. The summed E-state index contributed by atoms with van der Waals surface area (Å²) in [4.78, 5) is 40.4. The summed E-state index contributed by atoms with van der Waals surface area (Å²) < 4.78 is 1.12. The van der Waals surface area contributed by atoms with Crippen molar-refractivity contribution in [2.45, 2.75) is 4.90 Å². The number of pyridine rings is 1. The predicted molar refractivity (Wildman–Crippen MR) is 73.4 cm³/mol. The van der Waals surface area contributed by atoms with Crippen molar-refractivity contribution < 1.29 is 14.7 Å². The van der Waals surface area contributed by atoms with Gasteiger partial charge < -0.3 is 10.0 Å². The fraction of sp³-hybridized carbons (Fsp3) is 0.167. The highest BCUT2D eigenvalue weighted by Gasteiger charge is 2.15. The lowest BCUT2D eigenvalue weighted by molar-refractivity contribution is 0.0694. The van der Waals surface area contributed by atoms with E-state index in [0.717, 1.165) is 22.4 Å². The van der Waals surface area contributed by atoms with E-state index in [0.29, 0.717) is 4.90 Å². The number of thioether (sulfide) groups is 1. The number of rotatable bonds is 2. The zero-order valence-corrected chi connectivity index (χ0v) is 11.5. The van der Waals surface area contributed by atoms with Gasteiger partial charge in [0.05, 0.1) is 4.90 Å². The molecule has 0 fully saturated rings. The number of carbonyl (C=O) groups is 2. The second-order valence-electron chi connectivity index (χ2n) is 4.11. The Kier molecular flexibility index (Phi) is 3.75. The first-order valence-corrected chi connectivity index (χ1v) is 6.36. The van der Waals surface area contributed by atoms with Crippen molar-refractivity contribution in [1.29, 1.82) is 0 Å². The molecule has 0 spiro atoms.